The molecule has 0 amide bonds. The lowest BCUT2D eigenvalue weighted by molar-refractivity contribution is 0.580. The third-order valence-electron chi connectivity index (χ3n) is 2.00. The molecule has 0 saturated carbocycles. The Kier molecular flexibility index (Phi) is 5.77. The lowest BCUT2D eigenvalue weighted by atomic mass is 10.5. The molecular weight excluding hydrogens is 264 g/mol. The van der Waals surface area contributed by atoms with Gasteiger partial charge in [-0.2, -0.15) is 11.8 Å². The van der Waals surface area contributed by atoms with Gasteiger partial charge in [-0.05, 0) is 29.9 Å². The Morgan fingerprint density at radius 2 is 2.31 bits per heavy atom. The van der Waals surface area contributed by atoms with Gasteiger partial charge < -0.3 is 5.73 Å². The van der Waals surface area contributed by atoms with Crippen molar-refractivity contribution in [1.82, 2.24) is 4.72 Å². The fourth-order valence-corrected chi connectivity index (χ4v) is 4.06. The topological polar surface area (TPSA) is 72.2 Å². The minimum atomic E-state index is -3.37. The van der Waals surface area contributed by atoms with Crippen LogP contribution in [0.2, 0.25) is 0 Å². The van der Waals surface area contributed by atoms with Gasteiger partial charge in [0.2, 0.25) is 10.0 Å². The van der Waals surface area contributed by atoms with Gasteiger partial charge in [0.05, 0.1) is 4.90 Å². The summed E-state index contributed by atoms with van der Waals surface area (Å²) in [7, 11) is -3.37. The van der Waals surface area contributed by atoms with Crippen molar-refractivity contribution in [3.8, 4) is 0 Å². The van der Waals surface area contributed by atoms with Crippen molar-refractivity contribution in [1.29, 1.82) is 0 Å². The average Bonchev–Trinajstić information content (AvgIpc) is 2.73. The minimum Gasteiger partial charge on any atom is -0.326 e. The summed E-state index contributed by atoms with van der Waals surface area (Å²) < 4.78 is 26.3. The van der Waals surface area contributed by atoms with E-state index in [1.54, 1.807) is 23.2 Å². The fourth-order valence-electron chi connectivity index (χ4n) is 1.22. The molecule has 16 heavy (non-hydrogen) atoms. The van der Waals surface area contributed by atoms with Crippen LogP contribution in [-0.4, -0.2) is 27.0 Å². The van der Waals surface area contributed by atoms with E-state index in [1.807, 2.05) is 6.26 Å². The predicted octanol–water partition coefficient (Wildman–Crippen LogP) is 1.24. The van der Waals surface area contributed by atoms with E-state index < -0.39 is 10.0 Å². The van der Waals surface area contributed by atoms with Crippen molar-refractivity contribution >= 4 is 33.1 Å². The zero-order chi connectivity index (χ0) is 12.0. The van der Waals surface area contributed by atoms with Crippen LogP contribution in [0.5, 0.6) is 0 Å². The Labute approximate surface area is 105 Å². The summed E-state index contributed by atoms with van der Waals surface area (Å²) in [6.07, 6.45) is 2.84. The van der Waals surface area contributed by atoms with E-state index in [2.05, 4.69) is 4.72 Å². The number of rotatable bonds is 7. The van der Waals surface area contributed by atoms with Crippen LogP contribution in [0.4, 0.5) is 0 Å². The number of sulfonamides is 1. The predicted molar refractivity (Wildman–Crippen MR) is 70.4 cm³/mol. The van der Waals surface area contributed by atoms with Crippen LogP contribution in [0.25, 0.3) is 0 Å². The monoisotopic (exact) mass is 280 g/mol. The Balaban J connectivity index is 2.64. The van der Waals surface area contributed by atoms with Crippen molar-refractivity contribution in [2.75, 3.05) is 18.6 Å². The second-order valence-electron chi connectivity index (χ2n) is 3.16. The molecule has 0 aliphatic rings. The molecule has 1 aromatic rings. The molecule has 0 saturated heterocycles. The second-order valence-corrected chi connectivity index (χ2v) is 6.88. The molecule has 0 bridgehead atoms. The van der Waals surface area contributed by atoms with Crippen LogP contribution in [0, 0.1) is 0 Å². The van der Waals surface area contributed by atoms with Crippen LogP contribution < -0.4 is 10.5 Å². The largest absolute Gasteiger partial charge is 0.326 e. The zero-order valence-corrected chi connectivity index (χ0v) is 11.6. The van der Waals surface area contributed by atoms with Gasteiger partial charge in [-0.25, -0.2) is 13.1 Å². The standard InChI is InChI=1S/C9H16N2O2S3/c1-14-5-2-4-11-16(12,13)9-3-6-15-8(9)7-10/h3,6,11H,2,4-5,7,10H2,1H3. The molecule has 7 heteroatoms. The summed E-state index contributed by atoms with van der Waals surface area (Å²) in [6, 6.07) is 1.60. The third kappa shape index (κ3) is 3.74. The fraction of sp³-hybridized carbons (Fsp3) is 0.556. The molecule has 0 fully saturated rings. The van der Waals surface area contributed by atoms with Crippen LogP contribution in [0.15, 0.2) is 16.3 Å². The highest BCUT2D eigenvalue weighted by Gasteiger charge is 2.17. The van der Waals surface area contributed by atoms with Crippen LogP contribution in [0.3, 0.4) is 0 Å². The highest BCUT2D eigenvalue weighted by molar-refractivity contribution is 7.98. The number of nitrogens with two attached hydrogens (primary N) is 1. The van der Waals surface area contributed by atoms with E-state index in [9.17, 15) is 8.42 Å². The molecular formula is C9H16N2O2S3. The average molecular weight is 280 g/mol. The Morgan fingerprint density at radius 3 is 2.94 bits per heavy atom. The molecule has 92 valence electrons. The Hall–Kier alpha value is -0.0800. The molecule has 4 nitrogen and oxygen atoms in total. The smallest absolute Gasteiger partial charge is 0.241 e. The number of nitrogens with one attached hydrogen (secondary N) is 1. The lowest BCUT2D eigenvalue weighted by Crippen LogP contribution is -2.25. The first-order valence-corrected chi connectivity index (χ1v) is 8.62. The van der Waals surface area contributed by atoms with Crippen molar-refractivity contribution < 1.29 is 8.42 Å². The number of hydrogen-bond donors (Lipinski definition) is 2. The van der Waals surface area contributed by atoms with Gasteiger partial charge in [0, 0.05) is 18.0 Å². The van der Waals surface area contributed by atoms with Crippen LogP contribution in [-0.2, 0) is 16.6 Å². The molecule has 1 heterocycles. The maximum absolute atomic E-state index is 11.9. The molecule has 1 aromatic heterocycles. The normalized spacial score (nSPS) is 11.9. The van der Waals surface area contributed by atoms with Crippen LogP contribution in [0.1, 0.15) is 11.3 Å². The van der Waals surface area contributed by atoms with Gasteiger partial charge in [-0.3, -0.25) is 0 Å². The van der Waals surface area contributed by atoms with E-state index in [1.165, 1.54) is 11.3 Å². The van der Waals surface area contributed by atoms with Gasteiger partial charge in [-0.1, -0.05) is 0 Å². The first-order chi connectivity index (χ1) is 7.61. The van der Waals surface area contributed by atoms with E-state index in [0.717, 1.165) is 12.2 Å². The zero-order valence-electron chi connectivity index (χ0n) is 9.10. The van der Waals surface area contributed by atoms with Gasteiger partial charge in [0.15, 0.2) is 0 Å². The molecule has 0 radical (unpaired) electrons. The number of hydrogen-bond acceptors (Lipinski definition) is 5. The summed E-state index contributed by atoms with van der Waals surface area (Å²) in [5.41, 5.74) is 5.48. The summed E-state index contributed by atoms with van der Waals surface area (Å²) in [4.78, 5) is 1.03. The molecule has 0 atom stereocenters. The van der Waals surface area contributed by atoms with Crippen molar-refractivity contribution in [2.24, 2.45) is 5.73 Å². The quantitative estimate of drug-likeness (QED) is 0.737. The summed E-state index contributed by atoms with van der Waals surface area (Å²) in [5.74, 6) is 0.954. The molecule has 0 aromatic carbocycles. The second kappa shape index (κ2) is 6.61. The number of thiophene rings is 1. The first kappa shape index (κ1) is 14.0. The van der Waals surface area contributed by atoms with E-state index >= 15 is 0 Å². The lowest BCUT2D eigenvalue weighted by Gasteiger charge is -2.06. The Bertz CT molecular complexity index is 414. The van der Waals surface area contributed by atoms with Gasteiger partial charge >= 0.3 is 0 Å². The minimum absolute atomic E-state index is 0.263. The summed E-state index contributed by atoms with van der Waals surface area (Å²) in [5, 5.41) is 1.75. The third-order valence-corrected chi connectivity index (χ3v) is 5.31. The molecule has 0 aliphatic heterocycles. The van der Waals surface area contributed by atoms with Gasteiger partial charge in [-0.15, -0.1) is 11.3 Å². The van der Waals surface area contributed by atoms with E-state index in [-0.39, 0.29) is 6.54 Å². The highest BCUT2D eigenvalue weighted by atomic mass is 32.2. The molecule has 0 spiro atoms. The highest BCUT2D eigenvalue weighted by Crippen LogP contribution is 2.20. The van der Waals surface area contributed by atoms with Gasteiger partial charge in [0.25, 0.3) is 0 Å². The van der Waals surface area contributed by atoms with Crippen molar-refractivity contribution in [2.45, 2.75) is 17.9 Å². The molecule has 1 rings (SSSR count). The number of thioether (sulfide) groups is 1. The maximum Gasteiger partial charge on any atom is 0.241 e. The first-order valence-electron chi connectivity index (χ1n) is 4.87. The summed E-state index contributed by atoms with van der Waals surface area (Å²) in [6.45, 7) is 0.738. The van der Waals surface area contributed by atoms with Crippen molar-refractivity contribution in [3.63, 3.8) is 0 Å². The molecule has 3 N–H and O–H groups in total. The van der Waals surface area contributed by atoms with E-state index in [0.29, 0.717) is 16.3 Å². The van der Waals surface area contributed by atoms with Crippen LogP contribution >= 0.6 is 23.1 Å². The molecule has 0 unspecified atom stereocenters. The summed E-state index contributed by atoms with van der Waals surface area (Å²) >= 11 is 3.08. The van der Waals surface area contributed by atoms with Crippen molar-refractivity contribution in [3.05, 3.63) is 16.3 Å². The SMILES string of the molecule is CSCCCNS(=O)(=O)c1ccsc1CN. The Morgan fingerprint density at radius 1 is 1.56 bits per heavy atom. The maximum atomic E-state index is 11.9. The van der Waals surface area contributed by atoms with Gasteiger partial charge in [0.1, 0.15) is 0 Å². The molecule has 0 aliphatic carbocycles. The van der Waals surface area contributed by atoms with E-state index in [4.69, 9.17) is 5.73 Å².